The van der Waals surface area contributed by atoms with E-state index in [1.807, 2.05) is 38.1 Å². The number of ether oxygens (including phenoxy) is 1. The number of likely N-dealkylation sites (N-methyl/N-ethyl adjacent to an activating group) is 1. The van der Waals surface area contributed by atoms with Crippen LogP contribution >= 0.6 is 0 Å². The number of nitrogens with one attached hydrogen (secondary N) is 2. The van der Waals surface area contributed by atoms with Crippen molar-refractivity contribution >= 4 is 23.5 Å². The predicted molar refractivity (Wildman–Crippen MR) is 151 cm³/mol. The van der Waals surface area contributed by atoms with Crippen LogP contribution in [0.3, 0.4) is 0 Å². The summed E-state index contributed by atoms with van der Waals surface area (Å²) < 4.78 is 5.60. The summed E-state index contributed by atoms with van der Waals surface area (Å²) in [7, 11) is 1.52. The standard InChI is InChI=1S/C31H37N3O5/c1-19(28-26(35)16-31(2,3)17-27(28)36)33-15-9-14-25(29(37)32-4)34-30(38)39-18-24-22-12-7-5-10-20(22)21-11-6-8-13-23(21)24/h5-8,10-13,24-25,35H,9,14-18H2,1-4H3,(H,32,37)(H,34,38). The summed E-state index contributed by atoms with van der Waals surface area (Å²) in [6.07, 6.45) is 0.973. The summed E-state index contributed by atoms with van der Waals surface area (Å²) in [5.74, 6) is -0.422. The van der Waals surface area contributed by atoms with Gasteiger partial charge in [0.2, 0.25) is 5.91 Å². The second-order valence-corrected chi connectivity index (χ2v) is 11.0. The number of aliphatic hydroxyl groups excluding tert-OH is 1. The van der Waals surface area contributed by atoms with E-state index in [0.29, 0.717) is 43.5 Å². The summed E-state index contributed by atoms with van der Waals surface area (Å²) in [6, 6.07) is 15.4. The maximum atomic E-state index is 12.7. The van der Waals surface area contributed by atoms with Crippen molar-refractivity contribution in [1.82, 2.24) is 10.6 Å². The Morgan fingerprint density at radius 1 is 1.08 bits per heavy atom. The van der Waals surface area contributed by atoms with Crippen molar-refractivity contribution in [1.29, 1.82) is 0 Å². The molecule has 0 bridgehead atoms. The molecule has 0 fully saturated rings. The molecule has 0 aromatic heterocycles. The van der Waals surface area contributed by atoms with Crippen molar-refractivity contribution < 1.29 is 24.2 Å². The molecule has 2 amide bonds. The second kappa shape index (κ2) is 11.8. The summed E-state index contributed by atoms with van der Waals surface area (Å²) in [4.78, 5) is 42.2. The van der Waals surface area contributed by atoms with Crippen molar-refractivity contribution in [3.05, 3.63) is 71.0 Å². The number of aliphatic hydroxyl groups is 1. The molecule has 0 spiro atoms. The number of Topliss-reactive ketones (excluding diaryl/α,β-unsaturated/α-hetero) is 1. The molecule has 4 rings (SSSR count). The SMILES string of the molecule is CNC(=O)C(CCCN=C(C)C1=C(O)CC(C)(C)CC1=O)NC(=O)OCC1c2ccccc2-c2ccccc21. The van der Waals surface area contributed by atoms with Crippen LogP contribution in [0.1, 0.15) is 63.5 Å². The molecule has 0 heterocycles. The van der Waals surface area contributed by atoms with Gasteiger partial charge in [0.05, 0.1) is 5.57 Å². The number of hydrogen-bond donors (Lipinski definition) is 3. The molecule has 1 atom stereocenters. The van der Waals surface area contributed by atoms with Gasteiger partial charge in [-0.15, -0.1) is 0 Å². The Balaban J connectivity index is 1.33. The minimum atomic E-state index is -0.786. The first-order chi connectivity index (χ1) is 18.6. The number of benzene rings is 2. The number of hydrogen-bond acceptors (Lipinski definition) is 6. The van der Waals surface area contributed by atoms with E-state index in [1.54, 1.807) is 6.92 Å². The average Bonchev–Trinajstić information content (AvgIpc) is 3.21. The van der Waals surface area contributed by atoms with E-state index in [1.165, 1.54) is 7.05 Å². The molecule has 206 valence electrons. The van der Waals surface area contributed by atoms with Crippen molar-refractivity contribution in [2.45, 2.75) is 58.4 Å². The molecule has 2 aliphatic rings. The molecule has 39 heavy (non-hydrogen) atoms. The van der Waals surface area contributed by atoms with E-state index in [9.17, 15) is 19.5 Å². The average molecular weight is 532 g/mol. The third kappa shape index (κ3) is 6.38. The van der Waals surface area contributed by atoms with Crippen LogP contribution in [0.5, 0.6) is 0 Å². The first kappa shape index (κ1) is 28.1. The van der Waals surface area contributed by atoms with Gasteiger partial charge in [-0.25, -0.2) is 4.79 Å². The Hall–Kier alpha value is -3.94. The molecular weight excluding hydrogens is 494 g/mol. The molecule has 1 unspecified atom stereocenters. The highest BCUT2D eigenvalue weighted by atomic mass is 16.5. The van der Waals surface area contributed by atoms with Gasteiger partial charge in [-0.1, -0.05) is 62.4 Å². The minimum Gasteiger partial charge on any atom is -0.511 e. The number of allylic oxidation sites excluding steroid dienone is 2. The molecule has 0 aliphatic heterocycles. The van der Waals surface area contributed by atoms with Gasteiger partial charge in [-0.05, 0) is 47.4 Å². The van der Waals surface area contributed by atoms with E-state index in [2.05, 4.69) is 39.9 Å². The smallest absolute Gasteiger partial charge is 0.407 e. The number of aliphatic imine (C=N–C) groups is 1. The highest BCUT2D eigenvalue weighted by Gasteiger charge is 2.34. The Labute approximate surface area is 229 Å². The van der Waals surface area contributed by atoms with Crippen LogP contribution in [-0.4, -0.2) is 54.8 Å². The van der Waals surface area contributed by atoms with Crippen LogP contribution in [0.15, 0.2) is 64.9 Å². The monoisotopic (exact) mass is 531 g/mol. The lowest BCUT2D eigenvalue weighted by Crippen LogP contribution is -2.46. The number of nitrogens with zero attached hydrogens (tertiary/aromatic N) is 1. The Kier molecular flexibility index (Phi) is 8.53. The Morgan fingerprint density at radius 3 is 2.28 bits per heavy atom. The number of ketones is 1. The van der Waals surface area contributed by atoms with Gasteiger partial charge in [-0.3, -0.25) is 14.6 Å². The third-order valence-electron chi connectivity index (χ3n) is 7.41. The van der Waals surface area contributed by atoms with Gasteiger partial charge >= 0.3 is 6.09 Å². The molecule has 8 heteroatoms. The molecule has 2 aromatic carbocycles. The zero-order chi connectivity index (χ0) is 28.2. The van der Waals surface area contributed by atoms with E-state index < -0.39 is 12.1 Å². The fourth-order valence-electron chi connectivity index (χ4n) is 5.55. The van der Waals surface area contributed by atoms with Gasteiger partial charge in [-0.2, -0.15) is 0 Å². The Bertz CT molecular complexity index is 1280. The maximum Gasteiger partial charge on any atom is 0.407 e. The molecule has 8 nitrogen and oxygen atoms in total. The van der Waals surface area contributed by atoms with E-state index >= 15 is 0 Å². The lowest BCUT2D eigenvalue weighted by Gasteiger charge is -2.29. The second-order valence-electron chi connectivity index (χ2n) is 11.0. The predicted octanol–water partition coefficient (Wildman–Crippen LogP) is 5.08. The lowest BCUT2D eigenvalue weighted by molar-refractivity contribution is -0.122. The number of carbonyl (C=O) groups excluding carboxylic acids is 3. The Morgan fingerprint density at radius 2 is 1.69 bits per heavy atom. The van der Waals surface area contributed by atoms with Crippen molar-refractivity contribution in [2.75, 3.05) is 20.2 Å². The summed E-state index contributed by atoms with van der Waals surface area (Å²) in [5, 5.41) is 15.7. The van der Waals surface area contributed by atoms with Gasteiger partial charge in [0, 0.05) is 38.1 Å². The molecule has 0 saturated carbocycles. The molecule has 2 aromatic rings. The summed E-state index contributed by atoms with van der Waals surface area (Å²) in [6.45, 7) is 6.12. The number of rotatable bonds is 9. The minimum absolute atomic E-state index is 0.0716. The molecule has 3 N–H and O–H groups in total. The fourth-order valence-corrected chi connectivity index (χ4v) is 5.55. The zero-order valence-corrected chi connectivity index (χ0v) is 23.0. The normalized spacial score (nSPS) is 17.3. The number of fused-ring (bicyclic) bond motifs is 3. The fraction of sp³-hybridized carbons (Fsp3) is 0.419. The molecule has 0 saturated heterocycles. The van der Waals surface area contributed by atoms with Crippen molar-refractivity contribution in [3.8, 4) is 11.1 Å². The maximum absolute atomic E-state index is 12.7. The van der Waals surface area contributed by atoms with Crippen molar-refractivity contribution in [3.63, 3.8) is 0 Å². The van der Waals surface area contributed by atoms with Gasteiger partial charge in [0.1, 0.15) is 18.4 Å². The quantitative estimate of drug-likeness (QED) is 0.308. The first-order valence-corrected chi connectivity index (χ1v) is 13.4. The van der Waals surface area contributed by atoms with Crippen LogP contribution in [0.4, 0.5) is 4.79 Å². The number of amides is 2. The van der Waals surface area contributed by atoms with Crippen LogP contribution < -0.4 is 10.6 Å². The molecule has 2 aliphatic carbocycles. The van der Waals surface area contributed by atoms with Gasteiger partial charge in [0.15, 0.2) is 5.78 Å². The molecule has 0 radical (unpaired) electrons. The van der Waals surface area contributed by atoms with E-state index in [4.69, 9.17) is 4.74 Å². The molecular formula is C31H37N3O5. The summed E-state index contributed by atoms with van der Waals surface area (Å²) in [5.41, 5.74) is 5.04. The topological polar surface area (TPSA) is 117 Å². The van der Waals surface area contributed by atoms with Crippen molar-refractivity contribution in [2.24, 2.45) is 10.4 Å². The van der Waals surface area contributed by atoms with Crippen LogP contribution in [0.25, 0.3) is 11.1 Å². The van der Waals surface area contributed by atoms with E-state index in [-0.39, 0.29) is 35.4 Å². The highest BCUT2D eigenvalue weighted by molar-refractivity contribution is 6.22. The third-order valence-corrected chi connectivity index (χ3v) is 7.41. The van der Waals surface area contributed by atoms with Crippen LogP contribution in [-0.2, 0) is 14.3 Å². The number of alkyl carbamates (subject to hydrolysis) is 1. The zero-order valence-electron chi connectivity index (χ0n) is 23.0. The van der Waals surface area contributed by atoms with Gasteiger partial charge < -0.3 is 20.5 Å². The lowest BCUT2D eigenvalue weighted by atomic mass is 9.76. The van der Waals surface area contributed by atoms with Crippen LogP contribution in [0, 0.1) is 5.41 Å². The van der Waals surface area contributed by atoms with Gasteiger partial charge in [0.25, 0.3) is 0 Å². The van der Waals surface area contributed by atoms with Crippen LogP contribution in [0.2, 0.25) is 0 Å². The first-order valence-electron chi connectivity index (χ1n) is 13.4. The highest BCUT2D eigenvalue weighted by Crippen LogP contribution is 2.44. The van der Waals surface area contributed by atoms with E-state index in [0.717, 1.165) is 22.3 Å². The largest absolute Gasteiger partial charge is 0.511 e. The summed E-state index contributed by atoms with van der Waals surface area (Å²) >= 11 is 0. The number of carbonyl (C=O) groups is 3.